The lowest BCUT2D eigenvalue weighted by molar-refractivity contribution is -0.151. The SMILES string of the molecule is C/C(=C\c1cc(C)cc2[nH]ncc12)[C@H]1OC(=O)C[C@H](O)CC[C@H](C)[C@H](OC(=O)N2CCN(C)CC2)/C=C/[C@@H]1C. The van der Waals surface area contributed by atoms with Gasteiger partial charge in [0.05, 0.1) is 24.2 Å². The van der Waals surface area contributed by atoms with Gasteiger partial charge in [0.25, 0.3) is 0 Å². The van der Waals surface area contributed by atoms with Gasteiger partial charge < -0.3 is 24.4 Å². The molecule has 0 unspecified atom stereocenters. The second kappa shape index (κ2) is 12.8. The van der Waals surface area contributed by atoms with E-state index in [1.165, 1.54) is 0 Å². The number of nitrogens with zero attached hydrogens (tertiary/aromatic N) is 3. The molecule has 212 valence electrons. The predicted molar refractivity (Wildman–Crippen MR) is 151 cm³/mol. The number of aromatic nitrogens is 2. The van der Waals surface area contributed by atoms with Crippen LogP contribution in [0.25, 0.3) is 17.0 Å². The van der Waals surface area contributed by atoms with Gasteiger partial charge in [0.2, 0.25) is 0 Å². The van der Waals surface area contributed by atoms with Crippen molar-refractivity contribution in [1.82, 2.24) is 20.0 Å². The first kappa shape index (κ1) is 28.8. The van der Waals surface area contributed by atoms with E-state index < -0.39 is 24.3 Å². The molecule has 2 aliphatic rings. The minimum atomic E-state index is -0.820. The number of piperazine rings is 1. The number of aliphatic hydroxyl groups is 1. The number of aliphatic hydroxyl groups excluding tert-OH is 1. The maximum atomic E-state index is 13.0. The van der Waals surface area contributed by atoms with Gasteiger partial charge >= 0.3 is 12.1 Å². The number of likely N-dealkylation sites (N-methyl/N-ethyl adjacent to an activating group) is 1. The summed E-state index contributed by atoms with van der Waals surface area (Å²) in [5.41, 5.74) is 3.90. The van der Waals surface area contributed by atoms with E-state index in [1.54, 1.807) is 11.1 Å². The highest BCUT2D eigenvalue weighted by atomic mass is 16.6. The predicted octanol–water partition coefficient (Wildman–Crippen LogP) is 4.31. The van der Waals surface area contributed by atoms with Crippen LogP contribution in [0.1, 0.15) is 51.2 Å². The lowest BCUT2D eigenvalue weighted by Gasteiger charge is -2.33. The topological polar surface area (TPSA) is 108 Å². The molecule has 3 heterocycles. The Labute approximate surface area is 230 Å². The van der Waals surface area contributed by atoms with Crippen LogP contribution in [-0.2, 0) is 14.3 Å². The highest BCUT2D eigenvalue weighted by molar-refractivity contribution is 5.88. The standard InChI is InChI=1S/C30H42N4O5/c1-19-14-23(25-18-31-32-26(25)15-19)16-22(4)29-21(3)7-9-27(20(2)6-8-24(35)17-28(36)39-29)38-30(37)34-12-10-33(5)11-13-34/h7,9,14-16,18,20-21,24,27,29,35H,6,8,10-13,17H2,1-5H3,(H,31,32)/b9-7+,22-16+/t20-,21-,24+,27+,29-/m0/s1. The van der Waals surface area contributed by atoms with E-state index in [0.29, 0.717) is 25.9 Å². The fraction of sp³-hybridized carbons (Fsp3) is 0.567. The molecule has 1 fully saturated rings. The van der Waals surface area contributed by atoms with E-state index in [9.17, 15) is 14.7 Å². The molecule has 1 aromatic carbocycles. The van der Waals surface area contributed by atoms with Crippen LogP contribution in [-0.4, -0.2) is 88.7 Å². The van der Waals surface area contributed by atoms with Gasteiger partial charge in [-0.25, -0.2) is 4.79 Å². The number of carbonyl (C=O) groups excluding carboxylic acids is 2. The molecule has 2 aliphatic heterocycles. The van der Waals surface area contributed by atoms with E-state index in [-0.39, 0.29) is 24.3 Å². The van der Waals surface area contributed by atoms with Crippen LogP contribution >= 0.6 is 0 Å². The summed E-state index contributed by atoms with van der Waals surface area (Å²) in [6.07, 6.45) is 6.56. The monoisotopic (exact) mass is 538 g/mol. The summed E-state index contributed by atoms with van der Waals surface area (Å²) in [5.74, 6) is -0.639. The maximum Gasteiger partial charge on any atom is 0.410 e. The highest BCUT2D eigenvalue weighted by Crippen LogP contribution is 2.28. The van der Waals surface area contributed by atoms with Gasteiger partial charge in [0, 0.05) is 37.5 Å². The highest BCUT2D eigenvalue weighted by Gasteiger charge is 2.29. The Balaban J connectivity index is 1.59. The van der Waals surface area contributed by atoms with Crippen LogP contribution in [0.2, 0.25) is 0 Å². The van der Waals surface area contributed by atoms with Crippen LogP contribution in [0.5, 0.6) is 0 Å². The van der Waals surface area contributed by atoms with Crippen molar-refractivity contribution in [2.45, 2.75) is 65.3 Å². The molecule has 5 atom stereocenters. The molecule has 0 radical (unpaired) electrons. The second-order valence-electron chi connectivity index (χ2n) is 11.3. The molecular weight excluding hydrogens is 496 g/mol. The number of aryl methyl sites for hydroxylation is 1. The molecule has 0 bridgehead atoms. The zero-order valence-electron chi connectivity index (χ0n) is 23.7. The fourth-order valence-corrected chi connectivity index (χ4v) is 5.30. The van der Waals surface area contributed by atoms with Crippen molar-refractivity contribution in [3.8, 4) is 0 Å². The van der Waals surface area contributed by atoms with Crippen molar-refractivity contribution in [3.63, 3.8) is 0 Å². The Morgan fingerprint density at radius 2 is 1.92 bits per heavy atom. The Kier molecular flexibility index (Phi) is 9.45. The fourth-order valence-electron chi connectivity index (χ4n) is 5.30. The number of benzene rings is 1. The van der Waals surface area contributed by atoms with E-state index in [0.717, 1.165) is 40.7 Å². The summed E-state index contributed by atoms with van der Waals surface area (Å²) in [5, 5.41) is 18.8. The summed E-state index contributed by atoms with van der Waals surface area (Å²) in [6.45, 7) is 10.9. The first-order chi connectivity index (χ1) is 18.6. The zero-order valence-corrected chi connectivity index (χ0v) is 23.7. The van der Waals surface area contributed by atoms with Crippen molar-refractivity contribution >= 4 is 29.0 Å². The third kappa shape index (κ3) is 7.48. The van der Waals surface area contributed by atoms with Crippen LogP contribution in [0.4, 0.5) is 4.79 Å². The van der Waals surface area contributed by atoms with Gasteiger partial charge in [-0.3, -0.25) is 9.89 Å². The number of cyclic esters (lactones) is 1. The molecule has 1 aromatic heterocycles. The Bertz CT molecular complexity index is 1210. The van der Waals surface area contributed by atoms with Gasteiger partial charge in [-0.2, -0.15) is 5.10 Å². The maximum absolute atomic E-state index is 13.0. The summed E-state index contributed by atoms with van der Waals surface area (Å²) in [7, 11) is 2.05. The Hall–Kier alpha value is -3.17. The molecule has 39 heavy (non-hydrogen) atoms. The van der Waals surface area contributed by atoms with E-state index >= 15 is 0 Å². The molecule has 0 saturated carbocycles. The number of hydrogen-bond acceptors (Lipinski definition) is 7. The molecule has 9 nitrogen and oxygen atoms in total. The van der Waals surface area contributed by atoms with Crippen LogP contribution in [0.3, 0.4) is 0 Å². The average Bonchev–Trinajstić information content (AvgIpc) is 3.36. The number of amides is 1. The number of ether oxygens (including phenoxy) is 2. The summed E-state index contributed by atoms with van der Waals surface area (Å²) in [4.78, 5) is 29.7. The molecule has 0 spiro atoms. The number of hydrogen-bond donors (Lipinski definition) is 2. The van der Waals surface area contributed by atoms with Gasteiger partial charge in [-0.1, -0.05) is 32.1 Å². The number of nitrogens with one attached hydrogen (secondary N) is 1. The molecule has 4 rings (SSSR count). The van der Waals surface area contributed by atoms with E-state index in [4.69, 9.17) is 9.47 Å². The van der Waals surface area contributed by atoms with Crippen molar-refractivity contribution in [2.75, 3.05) is 33.2 Å². The van der Waals surface area contributed by atoms with Crippen LogP contribution in [0, 0.1) is 18.8 Å². The molecule has 9 heteroatoms. The molecule has 1 saturated heterocycles. The van der Waals surface area contributed by atoms with Crippen molar-refractivity contribution in [2.24, 2.45) is 11.8 Å². The zero-order chi connectivity index (χ0) is 28.1. The minimum Gasteiger partial charge on any atom is -0.457 e. The average molecular weight is 539 g/mol. The lowest BCUT2D eigenvalue weighted by atomic mass is 9.91. The van der Waals surface area contributed by atoms with Crippen molar-refractivity contribution in [1.29, 1.82) is 0 Å². The number of rotatable bonds is 3. The van der Waals surface area contributed by atoms with Crippen LogP contribution < -0.4 is 0 Å². The number of esters is 1. The van der Waals surface area contributed by atoms with E-state index in [1.807, 2.05) is 59.0 Å². The minimum absolute atomic E-state index is 0.0216. The second-order valence-corrected chi connectivity index (χ2v) is 11.3. The number of fused-ring (bicyclic) bond motifs is 1. The molecule has 1 amide bonds. The third-order valence-electron chi connectivity index (χ3n) is 7.82. The largest absolute Gasteiger partial charge is 0.457 e. The molecular formula is C30H42N4O5. The number of H-pyrrole nitrogens is 1. The first-order valence-corrected chi connectivity index (χ1v) is 13.9. The Morgan fingerprint density at radius 3 is 2.67 bits per heavy atom. The third-order valence-corrected chi connectivity index (χ3v) is 7.82. The Morgan fingerprint density at radius 1 is 1.18 bits per heavy atom. The summed E-state index contributed by atoms with van der Waals surface area (Å²) < 4.78 is 11.9. The van der Waals surface area contributed by atoms with Gasteiger partial charge in [-0.05, 0) is 68.5 Å². The molecule has 0 aliphatic carbocycles. The summed E-state index contributed by atoms with van der Waals surface area (Å²) in [6, 6.07) is 4.13. The van der Waals surface area contributed by atoms with Gasteiger partial charge in [0.1, 0.15) is 12.2 Å². The van der Waals surface area contributed by atoms with Gasteiger partial charge in [0.15, 0.2) is 0 Å². The van der Waals surface area contributed by atoms with Crippen molar-refractivity contribution in [3.05, 3.63) is 47.2 Å². The van der Waals surface area contributed by atoms with Crippen LogP contribution in [0.15, 0.2) is 36.1 Å². The normalized spacial score (nSPS) is 28.9. The quantitative estimate of drug-likeness (QED) is 0.443. The van der Waals surface area contributed by atoms with E-state index in [2.05, 4.69) is 21.2 Å². The molecule has 2 N–H and O–H groups in total. The lowest BCUT2D eigenvalue weighted by Crippen LogP contribution is -2.48. The number of aromatic amines is 1. The molecule has 2 aromatic rings. The first-order valence-electron chi connectivity index (χ1n) is 13.9. The van der Waals surface area contributed by atoms with Gasteiger partial charge in [-0.15, -0.1) is 0 Å². The number of carbonyl (C=O) groups is 2. The van der Waals surface area contributed by atoms with Crippen molar-refractivity contribution < 1.29 is 24.2 Å². The smallest absolute Gasteiger partial charge is 0.410 e. The summed E-state index contributed by atoms with van der Waals surface area (Å²) >= 11 is 0.